The van der Waals surface area contributed by atoms with E-state index < -0.39 is 0 Å². The highest BCUT2D eigenvalue weighted by atomic mass is 16.5. The number of carbonyl (C=O) groups excluding carboxylic acids is 1. The smallest absolute Gasteiger partial charge is 0.228 e. The van der Waals surface area contributed by atoms with Gasteiger partial charge in [0.05, 0.1) is 19.0 Å². The molecule has 1 fully saturated rings. The van der Waals surface area contributed by atoms with Gasteiger partial charge in [-0.05, 0) is 43.0 Å². The van der Waals surface area contributed by atoms with Crippen molar-refractivity contribution in [1.29, 1.82) is 0 Å². The lowest BCUT2D eigenvalue weighted by molar-refractivity contribution is -0.117. The molecule has 0 spiro atoms. The van der Waals surface area contributed by atoms with Crippen molar-refractivity contribution in [3.05, 3.63) is 48.2 Å². The van der Waals surface area contributed by atoms with Crippen LogP contribution in [0.3, 0.4) is 0 Å². The van der Waals surface area contributed by atoms with Crippen LogP contribution in [0, 0.1) is 5.92 Å². The van der Waals surface area contributed by atoms with E-state index in [1.165, 1.54) is 5.56 Å². The van der Waals surface area contributed by atoms with Crippen LogP contribution in [0.4, 0.5) is 11.5 Å². The summed E-state index contributed by atoms with van der Waals surface area (Å²) in [7, 11) is 1.69. The lowest BCUT2D eigenvalue weighted by Gasteiger charge is -2.10. The minimum Gasteiger partial charge on any atom is -0.496 e. The molecular weight excluding hydrogens is 290 g/mol. The number of nitrogens with zero attached hydrogens (tertiary/aromatic N) is 1. The van der Waals surface area contributed by atoms with E-state index in [-0.39, 0.29) is 11.8 Å². The molecule has 0 aliphatic heterocycles. The van der Waals surface area contributed by atoms with Crippen LogP contribution in [0.25, 0.3) is 0 Å². The molecule has 2 N–H and O–H groups in total. The van der Waals surface area contributed by atoms with Crippen LogP contribution in [0.15, 0.2) is 42.6 Å². The second-order valence-electron chi connectivity index (χ2n) is 5.68. The standard InChI is InChI=1S/C18H21N3O2/c1-23-16-5-3-2-4-13(16)10-11-19-15-8-9-17(20-12-15)21-18(22)14-6-7-14/h2-5,8-9,12,14,19H,6-7,10-11H2,1H3,(H,20,21,22). The lowest BCUT2D eigenvalue weighted by Crippen LogP contribution is -2.14. The van der Waals surface area contributed by atoms with Gasteiger partial charge in [-0.1, -0.05) is 18.2 Å². The monoisotopic (exact) mass is 311 g/mol. The van der Waals surface area contributed by atoms with Gasteiger partial charge in [-0.25, -0.2) is 4.98 Å². The van der Waals surface area contributed by atoms with Gasteiger partial charge in [-0.2, -0.15) is 0 Å². The topological polar surface area (TPSA) is 63.2 Å². The van der Waals surface area contributed by atoms with Crippen LogP contribution in [-0.2, 0) is 11.2 Å². The number of amides is 1. The van der Waals surface area contributed by atoms with Gasteiger partial charge < -0.3 is 15.4 Å². The molecule has 1 amide bonds. The van der Waals surface area contributed by atoms with Crippen molar-refractivity contribution in [2.75, 3.05) is 24.3 Å². The summed E-state index contributed by atoms with van der Waals surface area (Å²) < 4.78 is 5.34. The minimum atomic E-state index is 0.0781. The second-order valence-corrected chi connectivity index (χ2v) is 5.68. The fourth-order valence-electron chi connectivity index (χ4n) is 2.40. The molecule has 0 bridgehead atoms. The summed E-state index contributed by atoms with van der Waals surface area (Å²) in [6.07, 6.45) is 4.59. The Bertz CT molecular complexity index is 666. The van der Waals surface area contributed by atoms with Gasteiger partial charge >= 0.3 is 0 Å². The largest absolute Gasteiger partial charge is 0.496 e. The summed E-state index contributed by atoms with van der Waals surface area (Å²) in [5.41, 5.74) is 2.10. The molecule has 120 valence electrons. The zero-order valence-corrected chi connectivity index (χ0v) is 13.2. The Balaban J connectivity index is 1.49. The fraction of sp³-hybridized carbons (Fsp3) is 0.333. The fourth-order valence-corrected chi connectivity index (χ4v) is 2.40. The van der Waals surface area contributed by atoms with Gasteiger partial charge in [0.1, 0.15) is 11.6 Å². The number of aromatic nitrogens is 1. The van der Waals surface area contributed by atoms with Gasteiger partial charge in [0.15, 0.2) is 0 Å². The predicted octanol–water partition coefficient (Wildman–Crippen LogP) is 3.09. The zero-order valence-electron chi connectivity index (χ0n) is 13.2. The molecule has 23 heavy (non-hydrogen) atoms. The van der Waals surface area contributed by atoms with Crippen molar-refractivity contribution < 1.29 is 9.53 Å². The number of hydrogen-bond donors (Lipinski definition) is 2. The van der Waals surface area contributed by atoms with Crippen LogP contribution >= 0.6 is 0 Å². The highest BCUT2D eigenvalue weighted by Gasteiger charge is 2.29. The van der Waals surface area contributed by atoms with Crippen molar-refractivity contribution in [2.45, 2.75) is 19.3 Å². The van der Waals surface area contributed by atoms with Crippen LogP contribution in [0.5, 0.6) is 5.75 Å². The second kappa shape index (κ2) is 7.13. The Hall–Kier alpha value is -2.56. The van der Waals surface area contributed by atoms with E-state index in [1.807, 2.05) is 30.3 Å². The highest BCUT2D eigenvalue weighted by Crippen LogP contribution is 2.30. The number of rotatable bonds is 7. The third-order valence-corrected chi connectivity index (χ3v) is 3.88. The number of nitrogens with one attached hydrogen (secondary N) is 2. The first kappa shape index (κ1) is 15.3. The molecule has 0 saturated heterocycles. The number of anilines is 2. The number of para-hydroxylation sites is 1. The lowest BCUT2D eigenvalue weighted by atomic mass is 10.1. The number of methoxy groups -OCH3 is 1. The molecule has 1 aliphatic carbocycles. The van der Waals surface area contributed by atoms with Crippen molar-refractivity contribution in [3.63, 3.8) is 0 Å². The summed E-state index contributed by atoms with van der Waals surface area (Å²) in [4.78, 5) is 15.9. The molecule has 1 aliphatic rings. The molecule has 0 unspecified atom stereocenters. The average Bonchev–Trinajstić information content (AvgIpc) is 3.42. The van der Waals surface area contributed by atoms with E-state index >= 15 is 0 Å². The highest BCUT2D eigenvalue weighted by molar-refractivity contribution is 5.93. The maximum Gasteiger partial charge on any atom is 0.228 e. The maximum atomic E-state index is 11.7. The quantitative estimate of drug-likeness (QED) is 0.825. The maximum absolute atomic E-state index is 11.7. The number of hydrogen-bond acceptors (Lipinski definition) is 4. The Kier molecular flexibility index (Phi) is 4.76. The molecule has 5 nitrogen and oxygen atoms in total. The minimum absolute atomic E-state index is 0.0781. The van der Waals surface area contributed by atoms with E-state index in [2.05, 4.69) is 21.7 Å². The summed E-state index contributed by atoms with van der Waals surface area (Å²) in [5, 5.41) is 6.16. The third-order valence-electron chi connectivity index (χ3n) is 3.88. The average molecular weight is 311 g/mol. The molecule has 1 aromatic heterocycles. The predicted molar refractivity (Wildman–Crippen MR) is 90.8 cm³/mol. The first-order valence-corrected chi connectivity index (χ1v) is 7.89. The van der Waals surface area contributed by atoms with E-state index in [0.29, 0.717) is 5.82 Å². The van der Waals surface area contributed by atoms with Crippen LogP contribution < -0.4 is 15.4 Å². The Morgan fingerprint density at radius 2 is 2.09 bits per heavy atom. The van der Waals surface area contributed by atoms with E-state index in [9.17, 15) is 4.79 Å². The summed E-state index contributed by atoms with van der Waals surface area (Å²) in [6.45, 7) is 0.788. The van der Waals surface area contributed by atoms with Crippen molar-refractivity contribution in [2.24, 2.45) is 5.92 Å². The van der Waals surface area contributed by atoms with Gasteiger partial charge in [-0.15, -0.1) is 0 Å². The Labute approximate surface area is 136 Å². The van der Waals surface area contributed by atoms with Gasteiger partial charge in [0, 0.05) is 12.5 Å². The number of pyridine rings is 1. The van der Waals surface area contributed by atoms with E-state index in [4.69, 9.17) is 4.74 Å². The number of carbonyl (C=O) groups is 1. The van der Waals surface area contributed by atoms with Crippen molar-refractivity contribution in [1.82, 2.24) is 4.98 Å². The van der Waals surface area contributed by atoms with Crippen LogP contribution in [0.2, 0.25) is 0 Å². The molecule has 1 aromatic carbocycles. The van der Waals surface area contributed by atoms with Crippen molar-refractivity contribution in [3.8, 4) is 5.75 Å². The molecule has 2 aromatic rings. The first-order valence-electron chi connectivity index (χ1n) is 7.89. The van der Waals surface area contributed by atoms with E-state index in [0.717, 1.165) is 37.2 Å². The molecule has 3 rings (SSSR count). The van der Waals surface area contributed by atoms with Crippen LogP contribution in [-0.4, -0.2) is 24.5 Å². The molecule has 5 heteroatoms. The summed E-state index contributed by atoms with van der Waals surface area (Å²) in [6, 6.07) is 11.8. The summed E-state index contributed by atoms with van der Waals surface area (Å²) in [5.74, 6) is 1.78. The van der Waals surface area contributed by atoms with Gasteiger partial charge in [-0.3, -0.25) is 4.79 Å². The van der Waals surface area contributed by atoms with Gasteiger partial charge in [0.2, 0.25) is 5.91 Å². The van der Waals surface area contributed by atoms with Gasteiger partial charge in [0.25, 0.3) is 0 Å². The van der Waals surface area contributed by atoms with Crippen LogP contribution in [0.1, 0.15) is 18.4 Å². The zero-order chi connectivity index (χ0) is 16.1. The molecular formula is C18H21N3O2. The van der Waals surface area contributed by atoms with Crippen molar-refractivity contribution >= 4 is 17.4 Å². The summed E-state index contributed by atoms with van der Waals surface area (Å²) >= 11 is 0. The third kappa shape index (κ3) is 4.22. The molecule has 1 heterocycles. The molecule has 0 radical (unpaired) electrons. The molecule has 0 atom stereocenters. The first-order chi connectivity index (χ1) is 11.3. The van der Waals surface area contributed by atoms with E-state index in [1.54, 1.807) is 13.3 Å². The Morgan fingerprint density at radius 1 is 1.26 bits per heavy atom. The number of ether oxygens (including phenoxy) is 1. The Morgan fingerprint density at radius 3 is 2.78 bits per heavy atom. The molecule has 1 saturated carbocycles. The normalized spacial score (nSPS) is 13.4. The SMILES string of the molecule is COc1ccccc1CCNc1ccc(NC(=O)C2CC2)nc1. The number of benzene rings is 1.